The summed E-state index contributed by atoms with van der Waals surface area (Å²) >= 11 is 0. The number of ether oxygens (including phenoxy) is 14. The summed E-state index contributed by atoms with van der Waals surface area (Å²) in [6, 6.07) is -6.72. The highest BCUT2D eigenvalue weighted by atomic mass is 16.7. The first kappa shape index (κ1) is 121. The average Bonchev–Trinajstić information content (AvgIpc) is 0.820. The van der Waals surface area contributed by atoms with Crippen molar-refractivity contribution in [3.05, 3.63) is 0 Å². The second-order valence-corrected chi connectivity index (χ2v) is 33.7. The van der Waals surface area contributed by atoms with Crippen molar-refractivity contribution in [2.75, 3.05) is 185 Å². The summed E-state index contributed by atoms with van der Waals surface area (Å²) in [5, 5.41) is 119. The molecule has 0 aromatic rings. The van der Waals surface area contributed by atoms with E-state index >= 15 is 0 Å². The van der Waals surface area contributed by atoms with Gasteiger partial charge in [-0.25, -0.2) is 0 Å². The highest BCUT2D eigenvalue weighted by Gasteiger charge is 2.48. The number of amides is 10. The van der Waals surface area contributed by atoms with E-state index in [0.717, 1.165) is 51.4 Å². The van der Waals surface area contributed by atoms with Gasteiger partial charge in [0.05, 0.1) is 150 Å². The van der Waals surface area contributed by atoms with Crippen LogP contribution in [0.1, 0.15) is 221 Å². The lowest BCUT2D eigenvalue weighted by Gasteiger charge is -2.42. The molecule has 2 aliphatic heterocycles. The molecule has 1 saturated carbocycles. The standard InChI is InChI=1S/C90H166N10O33/c1-6-8-10-12-13-14-15-16-17-18-19-20-22-33-73(107)91-34-27-23-30-67(86(117)94-37-26-21-11-9-7-2)99-88(119)69(32-25-29-36-93-75(109)61-127-48-45-121-39-42-124-51-54-130-89-78(96-64(4)105)84(115)81(112)71(58-102)132-89)100-87(118)68(98-76(110)62-128-49-46-122-40-43-125-52-55-131-90-79(97-65(5)106)85(116)82(113)72(59-103)133-90)31-24-28-35-92-74(108)60-126-47-44-120-38-41-123-50-53-129-70-56-66(57-101)80(111)83(114)77(70)95-63(3)104/h66-72,77-85,89-90,101-103,111-116H,6-62H2,1-5H3,(H,91,107)(H,92,108)(H,93,109)(H,94,117)(H,95,104)(H,96,105)(H,97,106)(H,98,110)(H,99,119)(H,100,118)/t66-,67?,68?,69?,70-,71-,72-,77+,78-,79-,80+,81+,82+,83-,84-,85-,89-,90-/m1/s1. The number of aliphatic hydroxyl groups is 9. The molecule has 43 heteroatoms. The van der Waals surface area contributed by atoms with Crippen molar-refractivity contribution in [1.29, 1.82) is 0 Å². The summed E-state index contributed by atoms with van der Waals surface area (Å²) in [5.41, 5.74) is 0. The van der Waals surface area contributed by atoms with E-state index in [1.165, 1.54) is 78.6 Å². The minimum atomic E-state index is -1.49. The lowest BCUT2D eigenvalue weighted by molar-refractivity contribution is -0.272. The van der Waals surface area contributed by atoms with E-state index < -0.39 is 183 Å². The van der Waals surface area contributed by atoms with Crippen molar-refractivity contribution in [3.8, 4) is 0 Å². The molecule has 3 unspecified atom stereocenters. The first-order chi connectivity index (χ1) is 64.3. The molecule has 0 radical (unpaired) electrons. The molecule has 1 aliphatic carbocycles. The van der Waals surface area contributed by atoms with Gasteiger partial charge in [0, 0.05) is 65.9 Å². The molecule has 0 bridgehead atoms. The Kier molecular flexibility index (Phi) is 70.6. The topological polar surface area (TPSA) is 602 Å². The Morgan fingerprint density at radius 3 is 1.00 bits per heavy atom. The largest absolute Gasteiger partial charge is 0.396 e. The molecule has 3 aliphatic rings. The minimum absolute atomic E-state index is 0.00872. The normalized spacial score (nSPS) is 22.5. The zero-order chi connectivity index (χ0) is 97.4. The Labute approximate surface area is 784 Å². The van der Waals surface area contributed by atoms with E-state index in [9.17, 15) is 93.9 Å². The quantitative estimate of drug-likeness (QED) is 0.0310. The van der Waals surface area contributed by atoms with Gasteiger partial charge < -0.3 is 165 Å². The molecule has 3 rings (SSSR count). The predicted octanol–water partition coefficient (Wildman–Crippen LogP) is -1.44. The summed E-state index contributed by atoms with van der Waals surface area (Å²) in [4.78, 5) is 132. The zero-order valence-corrected chi connectivity index (χ0v) is 79.5. The van der Waals surface area contributed by atoms with E-state index in [1.807, 2.05) is 0 Å². The number of unbranched alkanes of at least 4 members (excludes halogenated alkanes) is 19. The van der Waals surface area contributed by atoms with Gasteiger partial charge in [-0.3, -0.25) is 47.9 Å². The van der Waals surface area contributed by atoms with Gasteiger partial charge in [-0.2, -0.15) is 0 Å². The summed E-state index contributed by atoms with van der Waals surface area (Å²) in [6.07, 6.45) is 9.27. The maximum absolute atomic E-state index is 14.8. The molecule has 43 nitrogen and oxygen atoms in total. The highest BCUT2D eigenvalue weighted by molar-refractivity contribution is 5.94. The molecule has 19 N–H and O–H groups in total. The van der Waals surface area contributed by atoms with Gasteiger partial charge in [-0.15, -0.1) is 0 Å². The number of aliphatic hydroxyl groups excluding tert-OH is 9. The lowest BCUT2D eigenvalue weighted by atomic mass is 9.79. The third-order valence-corrected chi connectivity index (χ3v) is 22.5. The van der Waals surface area contributed by atoms with Crippen molar-refractivity contribution in [3.63, 3.8) is 0 Å². The average molecular weight is 1920 g/mol. The first-order valence-electron chi connectivity index (χ1n) is 48.4. The van der Waals surface area contributed by atoms with Crippen LogP contribution in [0.4, 0.5) is 0 Å². The van der Waals surface area contributed by atoms with Crippen molar-refractivity contribution >= 4 is 59.1 Å². The molecular formula is C90H166N10O33. The van der Waals surface area contributed by atoms with Gasteiger partial charge in [-0.1, -0.05) is 117 Å². The van der Waals surface area contributed by atoms with Crippen LogP contribution >= 0.6 is 0 Å². The second-order valence-electron chi connectivity index (χ2n) is 33.7. The van der Waals surface area contributed by atoms with Gasteiger partial charge in [0.25, 0.3) is 0 Å². The molecule has 0 aromatic heterocycles. The molecular weight excluding hydrogens is 1750 g/mol. The van der Waals surface area contributed by atoms with Crippen LogP contribution in [0, 0.1) is 5.92 Å². The van der Waals surface area contributed by atoms with Crippen LogP contribution in [0.15, 0.2) is 0 Å². The van der Waals surface area contributed by atoms with Crippen LogP contribution in [0.5, 0.6) is 0 Å². The van der Waals surface area contributed by atoms with Crippen LogP contribution in [0.3, 0.4) is 0 Å². The Balaban J connectivity index is 1.68. The molecule has 18 atom stereocenters. The molecule has 133 heavy (non-hydrogen) atoms. The summed E-state index contributed by atoms with van der Waals surface area (Å²) in [5.74, 6) is -5.54. The lowest BCUT2D eigenvalue weighted by Crippen LogP contribution is -2.64. The number of carbonyl (C=O) groups is 10. The fourth-order valence-corrected chi connectivity index (χ4v) is 15.1. The fourth-order valence-electron chi connectivity index (χ4n) is 15.1. The third kappa shape index (κ3) is 56.4. The first-order valence-corrected chi connectivity index (χ1v) is 48.4. The van der Waals surface area contributed by atoms with E-state index in [-0.39, 0.29) is 196 Å². The van der Waals surface area contributed by atoms with Gasteiger partial charge in [0.15, 0.2) is 12.6 Å². The van der Waals surface area contributed by atoms with E-state index in [4.69, 9.17) is 66.3 Å². The van der Waals surface area contributed by atoms with E-state index in [1.54, 1.807) is 0 Å². The van der Waals surface area contributed by atoms with Crippen molar-refractivity contribution < 1.29 is 160 Å². The van der Waals surface area contributed by atoms with Crippen molar-refractivity contribution in [2.45, 2.75) is 325 Å². The van der Waals surface area contributed by atoms with Crippen LogP contribution < -0.4 is 53.2 Å². The Morgan fingerprint density at radius 2 is 0.617 bits per heavy atom. The molecule has 774 valence electrons. The van der Waals surface area contributed by atoms with Crippen LogP contribution in [0.2, 0.25) is 0 Å². The molecule has 2 heterocycles. The molecule has 10 amide bonds. The smallest absolute Gasteiger partial charge is 0.246 e. The monoisotopic (exact) mass is 1920 g/mol. The Bertz CT molecular complexity index is 3080. The van der Waals surface area contributed by atoms with Crippen LogP contribution in [-0.4, -0.2) is 394 Å². The number of nitrogens with one attached hydrogen (secondary N) is 10. The summed E-state index contributed by atoms with van der Waals surface area (Å²) in [7, 11) is 0. The van der Waals surface area contributed by atoms with E-state index in [0.29, 0.717) is 51.6 Å². The highest BCUT2D eigenvalue weighted by Crippen LogP contribution is 2.29. The second kappa shape index (κ2) is 77.7. The predicted molar refractivity (Wildman–Crippen MR) is 483 cm³/mol. The van der Waals surface area contributed by atoms with Gasteiger partial charge >= 0.3 is 0 Å². The van der Waals surface area contributed by atoms with Crippen LogP contribution in [-0.2, 0) is 114 Å². The minimum Gasteiger partial charge on any atom is -0.396 e. The third-order valence-electron chi connectivity index (χ3n) is 22.5. The Hall–Kier alpha value is -6.22. The molecule has 0 spiro atoms. The van der Waals surface area contributed by atoms with Gasteiger partial charge in [0.1, 0.15) is 92.8 Å². The van der Waals surface area contributed by atoms with Crippen LogP contribution in [0.25, 0.3) is 0 Å². The maximum atomic E-state index is 14.8. The number of hydrogen-bond donors (Lipinski definition) is 19. The maximum Gasteiger partial charge on any atom is 0.246 e. The Morgan fingerprint density at radius 1 is 0.308 bits per heavy atom. The fraction of sp³-hybridized carbons (Fsp3) is 0.889. The molecule has 0 aromatic carbocycles. The molecule has 3 fully saturated rings. The summed E-state index contributed by atoms with van der Waals surface area (Å²) < 4.78 is 78.5. The SMILES string of the molecule is CCCCCCCCCCCCCCCC(=O)NCCCCC(NC(=O)C(CCCCNC(=O)COCCOCCOCCO[C@@H]1O[C@H](CO)[C@H](O)[C@H](O)[C@H]1NC(C)=O)NC(=O)C(CCCCNC(=O)COCCOCCOCCO[C@@H]1C[C@H](CO)[C@H](O)[C@H](O)[C@H]1NC(C)=O)NC(=O)COCCOCCOCCO[C@@H]1O[C@H](CO)[C@H](O)[C@H](O)[C@H]1NC(C)=O)C(=O)NCCCCCCC. The van der Waals surface area contributed by atoms with Crippen molar-refractivity contribution in [2.24, 2.45) is 5.92 Å². The zero-order valence-electron chi connectivity index (χ0n) is 79.5. The molecule has 2 saturated heterocycles. The number of carbonyl (C=O) groups excluding carboxylic acids is 10. The number of rotatable bonds is 83. The van der Waals surface area contributed by atoms with Gasteiger partial charge in [0.2, 0.25) is 59.1 Å². The van der Waals surface area contributed by atoms with E-state index in [2.05, 4.69) is 67.0 Å². The van der Waals surface area contributed by atoms with Crippen molar-refractivity contribution in [1.82, 2.24) is 53.2 Å². The van der Waals surface area contributed by atoms with Gasteiger partial charge in [-0.05, 0) is 77.0 Å². The summed E-state index contributed by atoms with van der Waals surface area (Å²) in [6.45, 7) is 7.79. The number of hydrogen-bond acceptors (Lipinski definition) is 33.